The first kappa shape index (κ1) is 54.8. The number of hydrogen-bond donors (Lipinski definition) is 0. The Kier molecular flexibility index (Phi) is 38.3. The number of allylic oxidation sites excluding steroid dienone is 12. The van der Waals surface area contributed by atoms with Gasteiger partial charge < -0.3 is 28.6 Å². The van der Waals surface area contributed by atoms with Gasteiger partial charge in [0.15, 0.2) is 6.10 Å². The zero-order valence-electron chi connectivity index (χ0n) is 37.7. The Morgan fingerprint density at radius 1 is 0.534 bits per heavy atom. The summed E-state index contributed by atoms with van der Waals surface area (Å²) in [6, 6.07) is -0.734. The van der Waals surface area contributed by atoms with E-state index in [1.54, 1.807) is 21.1 Å². The van der Waals surface area contributed by atoms with E-state index in [9.17, 15) is 19.5 Å². The molecule has 0 heterocycles. The second-order valence-electron chi connectivity index (χ2n) is 16.3. The molecule has 0 N–H and O–H groups in total. The van der Waals surface area contributed by atoms with Gasteiger partial charge in [-0.05, 0) is 83.5 Å². The van der Waals surface area contributed by atoms with Crippen LogP contribution in [0.25, 0.3) is 0 Å². The standard InChI is InChI=1S/C50H85NO7/c1-6-8-10-12-14-16-18-20-22-23-24-25-27-29-31-33-35-37-39-41-49(53)58-46(44-56-43-42-47(50(54)55)51(3,4)5)45-57-48(52)40-38-36-34-32-30-28-26-21-19-17-15-13-11-9-7-2/h9,11,14-17,20-22,24-26,46-47H,6-8,10,12-13,18-19,23,27-45H2,1-5H3/b11-9-,16-14-,17-15-,22-20-,25-24-,26-21-. The molecule has 0 aliphatic rings. The molecule has 0 bridgehead atoms. The van der Waals surface area contributed by atoms with Crippen molar-refractivity contribution in [3.05, 3.63) is 72.9 Å². The van der Waals surface area contributed by atoms with Gasteiger partial charge in [0.05, 0.1) is 40.3 Å². The Bertz CT molecular complexity index is 1180. The summed E-state index contributed by atoms with van der Waals surface area (Å²) < 4.78 is 17.2. The molecule has 0 fully saturated rings. The van der Waals surface area contributed by atoms with Crippen LogP contribution < -0.4 is 5.11 Å². The molecule has 0 amide bonds. The minimum atomic E-state index is -1.13. The van der Waals surface area contributed by atoms with Crippen LogP contribution in [0.4, 0.5) is 0 Å². The molecule has 2 unspecified atom stereocenters. The van der Waals surface area contributed by atoms with E-state index in [1.807, 2.05) is 0 Å². The van der Waals surface area contributed by atoms with Crippen LogP contribution in [-0.4, -0.2) is 75.5 Å². The minimum Gasteiger partial charge on any atom is -0.544 e. The van der Waals surface area contributed by atoms with Gasteiger partial charge in [0.25, 0.3) is 0 Å². The summed E-state index contributed by atoms with van der Waals surface area (Å²) in [7, 11) is 5.39. The van der Waals surface area contributed by atoms with Crippen molar-refractivity contribution in [2.75, 3.05) is 41.0 Å². The molecule has 0 rings (SSSR count). The molecule has 0 saturated carbocycles. The molecule has 58 heavy (non-hydrogen) atoms. The maximum Gasteiger partial charge on any atom is 0.306 e. The van der Waals surface area contributed by atoms with Crippen molar-refractivity contribution < 1.29 is 38.2 Å². The Morgan fingerprint density at radius 2 is 0.966 bits per heavy atom. The summed E-state index contributed by atoms with van der Waals surface area (Å²) in [5.41, 5.74) is 0. The third-order valence-electron chi connectivity index (χ3n) is 9.83. The average Bonchev–Trinajstić information content (AvgIpc) is 3.18. The van der Waals surface area contributed by atoms with Gasteiger partial charge >= 0.3 is 11.9 Å². The van der Waals surface area contributed by atoms with Crippen LogP contribution in [-0.2, 0) is 28.6 Å². The second kappa shape index (κ2) is 40.5. The van der Waals surface area contributed by atoms with Gasteiger partial charge in [0.1, 0.15) is 12.6 Å². The van der Waals surface area contributed by atoms with E-state index in [-0.39, 0.29) is 42.7 Å². The molecule has 0 aromatic rings. The molecular formula is C50H85NO7. The van der Waals surface area contributed by atoms with Crippen LogP contribution in [0, 0.1) is 0 Å². The number of hydrogen-bond acceptors (Lipinski definition) is 7. The number of carboxylic acids is 1. The first-order valence-electron chi connectivity index (χ1n) is 23.0. The molecule has 332 valence electrons. The number of esters is 2. The number of unbranched alkanes of at least 4 members (excludes halogenated alkanes) is 14. The van der Waals surface area contributed by atoms with Gasteiger partial charge in [-0.15, -0.1) is 0 Å². The predicted octanol–water partition coefficient (Wildman–Crippen LogP) is 11.4. The summed E-state index contributed by atoms with van der Waals surface area (Å²) in [5, 5.41) is 11.6. The molecule has 8 heteroatoms. The number of aliphatic carboxylic acids is 1. The van der Waals surface area contributed by atoms with Crippen molar-refractivity contribution >= 4 is 17.9 Å². The normalized spacial score (nSPS) is 13.6. The van der Waals surface area contributed by atoms with E-state index >= 15 is 0 Å². The van der Waals surface area contributed by atoms with E-state index in [4.69, 9.17) is 14.2 Å². The Balaban J connectivity index is 4.38. The quantitative estimate of drug-likeness (QED) is 0.0263. The average molecular weight is 812 g/mol. The van der Waals surface area contributed by atoms with Crippen LogP contribution in [0.3, 0.4) is 0 Å². The number of ether oxygens (including phenoxy) is 3. The van der Waals surface area contributed by atoms with Gasteiger partial charge in [0.2, 0.25) is 0 Å². The third-order valence-corrected chi connectivity index (χ3v) is 9.83. The number of quaternary nitrogens is 1. The van der Waals surface area contributed by atoms with Gasteiger partial charge in [-0.3, -0.25) is 9.59 Å². The number of likely N-dealkylation sites (N-methyl/N-ethyl adjacent to an activating group) is 1. The molecule has 0 spiro atoms. The SMILES string of the molecule is CC/C=C\C/C=C\C/C=C\CCCCCCCC(=O)OCC(COCCC(C(=O)[O-])[N+](C)(C)C)OC(=O)CCCCCCCC/C=C\C/C=C\C/C=C\CCCCC. The first-order chi connectivity index (χ1) is 28.1. The van der Waals surface area contributed by atoms with E-state index < -0.39 is 18.1 Å². The number of rotatable bonds is 40. The second-order valence-corrected chi connectivity index (χ2v) is 16.3. The number of carboxylic acid groups (broad SMARTS) is 1. The van der Waals surface area contributed by atoms with Gasteiger partial charge in [-0.1, -0.05) is 145 Å². The molecule has 2 atom stereocenters. The summed E-state index contributed by atoms with van der Waals surface area (Å²) in [6.07, 6.45) is 50.6. The van der Waals surface area contributed by atoms with E-state index in [0.717, 1.165) is 103 Å². The fourth-order valence-electron chi connectivity index (χ4n) is 6.27. The highest BCUT2D eigenvalue weighted by atomic mass is 16.6. The number of nitrogens with zero attached hydrogens (tertiary/aromatic N) is 1. The first-order valence-corrected chi connectivity index (χ1v) is 23.0. The molecule has 0 aromatic carbocycles. The lowest BCUT2D eigenvalue weighted by Crippen LogP contribution is -2.55. The highest BCUT2D eigenvalue weighted by Crippen LogP contribution is 2.13. The zero-order valence-corrected chi connectivity index (χ0v) is 37.7. The lowest BCUT2D eigenvalue weighted by atomic mass is 10.1. The minimum absolute atomic E-state index is 0.0260. The van der Waals surface area contributed by atoms with Crippen molar-refractivity contribution in [2.45, 2.75) is 187 Å². The molecule has 0 saturated heterocycles. The van der Waals surface area contributed by atoms with Crippen LogP contribution in [0.15, 0.2) is 72.9 Å². The van der Waals surface area contributed by atoms with Gasteiger partial charge in [0, 0.05) is 19.3 Å². The monoisotopic (exact) mass is 812 g/mol. The molecule has 0 aliphatic heterocycles. The predicted molar refractivity (Wildman–Crippen MR) is 240 cm³/mol. The van der Waals surface area contributed by atoms with Crippen molar-refractivity contribution in [1.29, 1.82) is 0 Å². The van der Waals surface area contributed by atoms with Crippen LogP contribution in [0.5, 0.6) is 0 Å². The summed E-state index contributed by atoms with van der Waals surface area (Å²) >= 11 is 0. The van der Waals surface area contributed by atoms with Gasteiger partial charge in [-0.2, -0.15) is 0 Å². The number of carbonyl (C=O) groups is 3. The van der Waals surface area contributed by atoms with Crippen molar-refractivity contribution in [3.63, 3.8) is 0 Å². The lowest BCUT2D eigenvalue weighted by Gasteiger charge is -2.34. The van der Waals surface area contributed by atoms with E-state index in [0.29, 0.717) is 12.8 Å². The summed E-state index contributed by atoms with van der Waals surface area (Å²) in [5.74, 6) is -1.78. The van der Waals surface area contributed by atoms with Crippen molar-refractivity contribution in [2.24, 2.45) is 0 Å². The smallest absolute Gasteiger partial charge is 0.306 e. The number of carbonyl (C=O) groups excluding carboxylic acids is 3. The third kappa shape index (κ3) is 38.3. The summed E-state index contributed by atoms with van der Waals surface area (Å²) in [4.78, 5) is 36.9. The fourth-order valence-corrected chi connectivity index (χ4v) is 6.27. The van der Waals surface area contributed by atoms with Crippen LogP contribution in [0.2, 0.25) is 0 Å². The Hall–Kier alpha value is -3.23. The maximum atomic E-state index is 12.7. The Labute approximate surface area is 355 Å². The van der Waals surface area contributed by atoms with Crippen molar-refractivity contribution in [1.82, 2.24) is 0 Å². The highest BCUT2D eigenvalue weighted by Gasteiger charge is 2.25. The highest BCUT2D eigenvalue weighted by molar-refractivity contribution is 5.70. The lowest BCUT2D eigenvalue weighted by molar-refractivity contribution is -0.889. The topological polar surface area (TPSA) is 102 Å². The fraction of sp³-hybridized carbons (Fsp3) is 0.700. The zero-order chi connectivity index (χ0) is 42.8. The van der Waals surface area contributed by atoms with E-state index in [1.165, 1.54) is 38.5 Å². The van der Waals surface area contributed by atoms with Crippen LogP contribution >= 0.6 is 0 Å². The molecular weight excluding hydrogens is 727 g/mol. The molecule has 8 nitrogen and oxygen atoms in total. The van der Waals surface area contributed by atoms with Crippen molar-refractivity contribution in [3.8, 4) is 0 Å². The van der Waals surface area contributed by atoms with Gasteiger partial charge in [-0.25, -0.2) is 0 Å². The van der Waals surface area contributed by atoms with Crippen LogP contribution in [0.1, 0.15) is 174 Å². The molecule has 0 aliphatic carbocycles. The van der Waals surface area contributed by atoms with E-state index in [2.05, 4.69) is 86.8 Å². The molecule has 0 aromatic heterocycles. The largest absolute Gasteiger partial charge is 0.544 e. The maximum absolute atomic E-state index is 12.7. The molecule has 0 radical (unpaired) electrons. The summed E-state index contributed by atoms with van der Waals surface area (Å²) in [6.45, 7) is 4.48. The Morgan fingerprint density at radius 3 is 1.43 bits per heavy atom.